The van der Waals surface area contributed by atoms with Gasteiger partial charge in [0.2, 0.25) is 0 Å². The Bertz CT molecular complexity index is 1160. The SMILES string of the molecule is C=C(C(=O)N1CCCN(C)CC1)c1ccc(Sc2ccc3c(ccn3C)c2)c(Cl)c1Cl. The molecule has 3 aromatic rings. The Morgan fingerprint density at radius 3 is 2.61 bits per heavy atom. The zero-order valence-electron chi connectivity index (χ0n) is 17.7. The summed E-state index contributed by atoms with van der Waals surface area (Å²) in [6, 6.07) is 12.2. The van der Waals surface area contributed by atoms with E-state index in [1.54, 1.807) is 11.8 Å². The summed E-state index contributed by atoms with van der Waals surface area (Å²) < 4.78 is 2.09. The Balaban J connectivity index is 1.54. The number of fused-ring (bicyclic) bond motifs is 1. The van der Waals surface area contributed by atoms with Crippen molar-refractivity contribution in [2.24, 2.45) is 7.05 Å². The van der Waals surface area contributed by atoms with Crippen molar-refractivity contribution >= 4 is 57.3 Å². The van der Waals surface area contributed by atoms with E-state index >= 15 is 0 Å². The molecule has 1 saturated heterocycles. The summed E-state index contributed by atoms with van der Waals surface area (Å²) in [5.41, 5.74) is 2.16. The molecule has 7 heteroatoms. The van der Waals surface area contributed by atoms with Gasteiger partial charge >= 0.3 is 0 Å². The highest BCUT2D eigenvalue weighted by atomic mass is 35.5. The first-order chi connectivity index (χ1) is 14.8. The highest BCUT2D eigenvalue weighted by Crippen LogP contribution is 2.41. The fourth-order valence-corrected chi connectivity index (χ4v) is 5.37. The fraction of sp³-hybridized carbons (Fsp3) is 0.292. The van der Waals surface area contributed by atoms with Crippen LogP contribution in [0.25, 0.3) is 16.5 Å². The zero-order valence-corrected chi connectivity index (χ0v) is 20.0. The van der Waals surface area contributed by atoms with Crippen LogP contribution in [0.15, 0.2) is 59.0 Å². The van der Waals surface area contributed by atoms with Gasteiger partial charge in [0.15, 0.2) is 0 Å². The van der Waals surface area contributed by atoms with Crippen LogP contribution < -0.4 is 0 Å². The van der Waals surface area contributed by atoms with Crippen molar-refractivity contribution in [2.75, 3.05) is 33.2 Å². The summed E-state index contributed by atoms with van der Waals surface area (Å²) in [6.07, 6.45) is 2.99. The van der Waals surface area contributed by atoms with Gasteiger partial charge in [-0.1, -0.05) is 47.6 Å². The molecular formula is C24H25Cl2N3OS. The first kappa shape index (κ1) is 22.3. The van der Waals surface area contributed by atoms with Crippen LogP contribution in [0.2, 0.25) is 10.0 Å². The second-order valence-corrected chi connectivity index (χ2v) is 9.79. The van der Waals surface area contributed by atoms with Gasteiger partial charge < -0.3 is 14.4 Å². The molecule has 0 spiro atoms. The fourth-order valence-electron chi connectivity index (χ4n) is 3.85. The molecule has 4 rings (SSSR count). The van der Waals surface area contributed by atoms with Crippen LogP contribution in [0.1, 0.15) is 12.0 Å². The Labute approximate surface area is 197 Å². The first-order valence-electron chi connectivity index (χ1n) is 10.2. The van der Waals surface area contributed by atoms with Crippen molar-refractivity contribution in [3.05, 3.63) is 64.8 Å². The Morgan fingerprint density at radius 1 is 1.00 bits per heavy atom. The molecule has 1 aliphatic rings. The number of likely N-dealkylation sites (N-methyl/N-ethyl adjacent to an activating group) is 1. The molecule has 2 aromatic carbocycles. The smallest absolute Gasteiger partial charge is 0.253 e. The number of aromatic nitrogens is 1. The minimum atomic E-state index is -0.0804. The number of benzene rings is 2. The van der Waals surface area contributed by atoms with Crippen LogP contribution in [0.4, 0.5) is 0 Å². The van der Waals surface area contributed by atoms with E-state index in [2.05, 4.69) is 47.4 Å². The Morgan fingerprint density at radius 2 is 1.81 bits per heavy atom. The van der Waals surface area contributed by atoms with Crippen LogP contribution in [-0.2, 0) is 11.8 Å². The van der Waals surface area contributed by atoms with E-state index in [9.17, 15) is 4.79 Å². The molecule has 1 aromatic heterocycles. The van der Waals surface area contributed by atoms with Crippen molar-refractivity contribution in [1.82, 2.24) is 14.4 Å². The van der Waals surface area contributed by atoms with Crippen molar-refractivity contribution in [2.45, 2.75) is 16.2 Å². The minimum Gasteiger partial charge on any atom is -0.351 e. The number of hydrogen-bond acceptors (Lipinski definition) is 3. The van der Waals surface area contributed by atoms with Crippen LogP contribution in [0.3, 0.4) is 0 Å². The summed E-state index contributed by atoms with van der Waals surface area (Å²) >= 11 is 14.8. The quantitative estimate of drug-likeness (QED) is 0.447. The molecule has 0 unspecified atom stereocenters. The predicted molar refractivity (Wildman–Crippen MR) is 131 cm³/mol. The third-order valence-electron chi connectivity index (χ3n) is 5.72. The monoisotopic (exact) mass is 473 g/mol. The van der Waals surface area contributed by atoms with Gasteiger partial charge in [-0.3, -0.25) is 4.79 Å². The molecule has 0 radical (unpaired) electrons. The number of carbonyl (C=O) groups excluding carboxylic acids is 1. The number of hydrogen-bond donors (Lipinski definition) is 0. The van der Waals surface area contributed by atoms with Crippen LogP contribution in [0, 0.1) is 0 Å². The van der Waals surface area contributed by atoms with Gasteiger partial charge in [0.1, 0.15) is 0 Å². The average molecular weight is 474 g/mol. The summed E-state index contributed by atoms with van der Waals surface area (Å²) in [7, 11) is 4.11. The van der Waals surface area contributed by atoms with Crippen molar-refractivity contribution in [1.29, 1.82) is 0 Å². The first-order valence-corrected chi connectivity index (χ1v) is 11.8. The minimum absolute atomic E-state index is 0.0804. The topological polar surface area (TPSA) is 28.5 Å². The number of carbonyl (C=O) groups is 1. The molecule has 1 aliphatic heterocycles. The van der Waals surface area contributed by atoms with Crippen LogP contribution in [0.5, 0.6) is 0 Å². The summed E-state index contributed by atoms with van der Waals surface area (Å²) in [6.45, 7) is 7.31. The van der Waals surface area contributed by atoms with E-state index in [4.69, 9.17) is 23.2 Å². The number of halogens is 2. The van der Waals surface area contributed by atoms with Crippen LogP contribution in [-0.4, -0.2) is 53.5 Å². The molecule has 162 valence electrons. The molecule has 31 heavy (non-hydrogen) atoms. The summed E-state index contributed by atoms with van der Waals surface area (Å²) in [5.74, 6) is -0.0804. The highest BCUT2D eigenvalue weighted by molar-refractivity contribution is 7.99. The van der Waals surface area contributed by atoms with E-state index in [1.807, 2.05) is 30.3 Å². The number of aryl methyl sites for hydroxylation is 1. The maximum absolute atomic E-state index is 13.0. The van der Waals surface area contributed by atoms with Gasteiger partial charge in [-0.15, -0.1) is 0 Å². The number of rotatable bonds is 4. The predicted octanol–water partition coefficient (Wildman–Crippen LogP) is 5.81. The van der Waals surface area contributed by atoms with Gasteiger partial charge in [0, 0.05) is 64.7 Å². The number of nitrogens with zero attached hydrogens (tertiary/aromatic N) is 3. The Hall–Kier alpha value is -1.92. The van der Waals surface area contributed by atoms with Crippen LogP contribution >= 0.6 is 35.0 Å². The van der Waals surface area contributed by atoms with Crippen molar-refractivity contribution in [3.8, 4) is 0 Å². The van der Waals surface area contributed by atoms with E-state index < -0.39 is 0 Å². The molecule has 1 fully saturated rings. The third-order valence-corrected chi connectivity index (χ3v) is 7.77. The number of amides is 1. The molecule has 0 atom stereocenters. The molecule has 0 saturated carbocycles. The largest absolute Gasteiger partial charge is 0.351 e. The van der Waals surface area contributed by atoms with E-state index in [0.717, 1.165) is 35.8 Å². The van der Waals surface area contributed by atoms with Gasteiger partial charge in [0.05, 0.1) is 10.0 Å². The van der Waals surface area contributed by atoms with Gasteiger partial charge in [-0.2, -0.15) is 0 Å². The maximum Gasteiger partial charge on any atom is 0.253 e. The van der Waals surface area contributed by atoms with E-state index in [1.165, 1.54) is 10.9 Å². The molecule has 0 aliphatic carbocycles. The lowest BCUT2D eigenvalue weighted by Gasteiger charge is -2.22. The molecule has 4 nitrogen and oxygen atoms in total. The molecule has 0 N–H and O–H groups in total. The lowest BCUT2D eigenvalue weighted by molar-refractivity contribution is -0.124. The lowest BCUT2D eigenvalue weighted by Crippen LogP contribution is -2.34. The Kier molecular flexibility index (Phi) is 6.68. The standard InChI is InChI=1S/C24H25Cl2N3OS/c1-16(24(30)29-11-4-10-27(2)13-14-29)19-6-8-21(23(26)22(19)25)31-18-5-7-20-17(15-18)9-12-28(20)3/h5-9,12,15H,1,4,10-11,13-14H2,2-3H3. The normalized spacial score (nSPS) is 15.3. The third kappa shape index (κ3) is 4.65. The zero-order chi connectivity index (χ0) is 22.1. The van der Waals surface area contributed by atoms with E-state index in [-0.39, 0.29) is 5.91 Å². The average Bonchev–Trinajstić information content (AvgIpc) is 2.98. The lowest BCUT2D eigenvalue weighted by atomic mass is 10.1. The molecule has 2 heterocycles. The summed E-state index contributed by atoms with van der Waals surface area (Å²) in [5, 5.41) is 1.99. The van der Waals surface area contributed by atoms with Crippen molar-refractivity contribution < 1.29 is 4.79 Å². The van der Waals surface area contributed by atoms with Gasteiger partial charge in [-0.05, 0) is 50.3 Å². The molecule has 0 bridgehead atoms. The molecule has 1 amide bonds. The van der Waals surface area contributed by atoms with Crippen molar-refractivity contribution in [3.63, 3.8) is 0 Å². The maximum atomic E-state index is 13.0. The second kappa shape index (κ2) is 9.29. The highest BCUT2D eigenvalue weighted by Gasteiger charge is 2.23. The van der Waals surface area contributed by atoms with Gasteiger partial charge in [0.25, 0.3) is 5.91 Å². The van der Waals surface area contributed by atoms with E-state index in [0.29, 0.717) is 27.7 Å². The molecular weight excluding hydrogens is 449 g/mol. The summed E-state index contributed by atoms with van der Waals surface area (Å²) in [4.78, 5) is 19.0. The second-order valence-electron chi connectivity index (χ2n) is 7.92. The van der Waals surface area contributed by atoms with Gasteiger partial charge in [-0.25, -0.2) is 0 Å².